The number of hydrogen-bond donors (Lipinski definition) is 0. The van der Waals surface area contributed by atoms with Gasteiger partial charge in [-0.1, -0.05) is 12.2 Å². The second kappa shape index (κ2) is 5.13. The minimum atomic E-state index is -3.12. The van der Waals surface area contributed by atoms with E-state index in [0.717, 1.165) is 55.8 Å². The van der Waals surface area contributed by atoms with Crippen LogP contribution in [0.4, 0.5) is 0 Å². The van der Waals surface area contributed by atoms with Crippen LogP contribution in [0.2, 0.25) is 0 Å². The normalized spacial score (nSPS) is 36.0. The molecule has 1 heterocycles. The third kappa shape index (κ3) is 2.25. The largest absolute Gasteiger partial charge is 0.378 e. The molecule has 116 valence electrons. The zero-order valence-corrected chi connectivity index (χ0v) is 13.1. The van der Waals surface area contributed by atoms with Crippen molar-refractivity contribution in [2.75, 3.05) is 26.3 Å². The predicted molar refractivity (Wildman–Crippen MR) is 81.3 cm³/mol. The number of morpholine rings is 1. The Hall–Kier alpha value is -0.810. The van der Waals surface area contributed by atoms with E-state index < -0.39 is 9.84 Å². The molecule has 2 bridgehead atoms. The number of ether oxygens (including phenoxy) is 1. The average Bonchev–Trinajstić information content (AvgIpc) is 3.24. The van der Waals surface area contributed by atoms with Crippen LogP contribution in [-0.2, 0) is 14.6 Å². The van der Waals surface area contributed by atoms with Gasteiger partial charge in [-0.15, -0.1) is 0 Å². The number of nitrogens with zero attached hydrogens (tertiary/aromatic N) is 1. The van der Waals surface area contributed by atoms with Crippen LogP contribution in [0, 0.1) is 11.8 Å². The van der Waals surface area contributed by atoms with E-state index in [1.807, 2.05) is 0 Å². The molecule has 2 fully saturated rings. The van der Waals surface area contributed by atoms with E-state index in [9.17, 15) is 8.42 Å². The van der Waals surface area contributed by atoms with Gasteiger partial charge < -0.3 is 9.64 Å². The highest BCUT2D eigenvalue weighted by Crippen LogP contribution is 2.46. The first-order valence-electron chi connectivity index (χ1n) is 8.13. The Morgan fingerprint density at radius 3 is 2.57 bits per heavy atom. The Bertz CT molecular complexity index is 587. The van der Waals surface area contributed by atoms with E-state index in [1.54, 1.807) is 0 Å². The van der Waals surface area contributed by atoms with Crippen molar-refractivity contribution in [3.8, 4) is 0 Å². The second-order valence-corrected chi connectivity index (χ2v) is 8.87. The fourth-order valence-electron chi connectivity index (χ4n) is 4.44. The Kier molecular flexibility index (Phi) is 3.38. The van der Waals surface area contributed by atoms with Crippen LogP contribution in [-0.4, -0.2) is 44.9 Å². The first kappa shape index (κ1) is 13.8. The molecule has 0 spiro atoms. The number of allylic oxidation sites excluding steroid dienone is 4. The summed E-state index contributed by atoms with van der Waals surface area (Å²) >= 11 is 0. The van der Waals surface area contributed by atoms with Gasteiger partial charge in [-0.25, -0.2) is 8.42 Å². The smallest absolute Gasteiger partial charge is 0.179 e. The van der Waals surface area contributed by atoms with E-state index in [-0.39, 0.29) is 11.2 Å². The first-order chi connectivity index (χ1) is 10.2. The molecule has 0 amide bonds. The lowest BCUT2D eigenvalue weighted by Gasteiger charge is -2.31. The van der Waals surface area contributed by atoms with Gasteiger partial charge in [-0.3, -0.25) is 0 Å². The van der Waals surface area contributed by atoms with Gasteiger partial charge in [0.1, 0.15) is 0 Å². The van der Waals surface area contributed by atoms with Gasteiger partial charge in [0.15, 0.2) is 9.84 Å². The number of hydrogen-bond acceptors (Lipinski definition) is 4. The lowest BCUT2D eigenvalue weighted by atomic mass is 10.1. The lowest BCUT2D eigenvalue weighted by molar-refractivity contribution is 0.0525. The molecule has 1 saturated carbocycles. The van der Waals surface area contributed by atoms with Crippen molar-refractivity contribution in [3.05, 3.63) is 22.8 Å². The molecule has 1 saturated heterocycles. The van der Waals surface area contributed by atoms with Gasteiger partial charge in [0.05, 0.1) is 23.4 Å². The van der Waals surface area contributed by atoms with Gasteiger partial charge in [-0.05, 0) is 43.9 Å². The van der Waals surface area contributed by atoms with E-state index >= 15 is 0 Å². The number of fused-ring (bicyclic) bond motifs is 2. The molecule has 0 aromatic heterocycles. The van der Waals surface area contributed by atoms with Crippen LogP contribution < -0.4 is 0 Å². The van der Waals surface area contributed by atoms with Crippen LogP contribution in [0.3, 0.4) is 0 Å². The molecule has 21 heavy (non-hydrogen) atoms. The van der Waals surface area contributed by atoms with Crippen LogP contribution in [0.5, 0.6) is 0 Å². The molecule has 4 rings (SSSR count). The molecule has 0 aromatic carbocycles. The van der Waals surface area contributed by atoms with Crippen molar-refractivity contribution < 1.29 is 13.2 Å². The summed E-state index contributed by atoms with van der Waals surface area (Å²) in [4.78, 5) is 3.02. The quantitative estimate of drug-likeness (QED) is 0.749. The molecule has 0 unspecified atom stereocenters. The summed E-state index contributed by atoms with van der Waals surface area (Å²) in [6, 6.07) is 0. The summed E-state index contributed by atoms with van der Waals surface area (Å²) < 4.78 is 31.7. The summed E-state index contributed by atoms with van der Waals surface area (Å²) in [7, 11) is -3.12. The van der Waals surface area contributed by atoms with Crippen molar-refractivity contribution >= 4 is 9.84 Å². The summed E-state index contributed by atoms with van der Waals surface area (Å²) in [6.45, 7) is 3.11. The van der Waals surface area contributed by atoms with Crippen molar-refractivity contribution in [1.82, 2.24) is 4.90 Å². The molecule has 0 radical (unpaired) electrons. The maximum atomic E-state index is 13.1. The molecule has 0 N–H and O–H groups in total. The van der Waals surface area contributed by atoms with E-state index in [1.165, 1.54) is 0 Å². The zero-order valence-electron chi connectivity index (χ0n) is 12.3. The molecule has 4 aliphatic rings. The highest BCUT2D eigenvalue weighted by atomic mass is 32.2. The van der Waals surface area contributed by atoms with E-state index in [4.69, 9.17) is 4.74 Å². The molecule has 1 aliphatic heterocycles. The lowest BCUT2D eigenvalue weighted by Crippen LogP contribution is -2.37. The third-order valence-electron chi connectivity index (χ3n) is 5.49. The predicted octanol–water partition coefficient (Wildman–Crippen LogP) is 2.09. The van der Waals surface area contributed by atoms with Crippen LogP contribution in [0.25, 0.3) is 0 Å². The molecule has 3 aliphatic carbocycles. The summed E-state index contributed by atoms with van der Waals surface area (Å²) in [6.07, 6.45) is 8.88. The van der Waals surface area contributed by atoms with Gasteiger partial charge in [-0.2, -0.15) is 0 Å². The summed E-state index contributed by atoms with van der Waals surface area (Å²) in [5.74, 6) is 0.766. The van der Waals surface area contributed by atoms with Gasteiger partial charge >= 0.3 is 0 Å². The maximum absolute atomic E-state index is 13.1. The zero-order chi connectivity index (χ0) is 14.4. The van der Waals surface area contributed by atoms with Gasteiger partial charge in [0, 0.05) is 18.8 Å². The average molecular weight is 309 g/mol. The Balaban J connectivity index is 1.65. The van der Waals surface area contributed by atoms with Crippen molar-refractivity contribution in [3.63, 3.8) is 0 Å². The standard InChI is InChI=1S/C16H23NO3S/c18-21(19,16-11-12-4-5-13(16)10-12)15-3-1-2-14(15)17-6-8-20-9-7-17/h4-5,12-13,16H,1-3,6-11H2/t12-,13+,16+/m1/s1. The molecule has 4 nitrogen and oxygen atoms in total. The third-order valence-corrected chi connectivity index (χ3v) is 7.96. The number of sulfone groups is 1. The summed E-state index contributed by atoms with van der Waals surface area (Å²) in [5, 5.41) is -0.156. The van der Waals surface area contributed by atoms with Gasteiger partial charge in [0.2, 0.25) is 0 Å². The van der Waals surface area contributed by atoms with Crippen molar-refractivity contribution in [1.29, 1.82) is 0 Å². The second-order valence-electron chi connectivity index (χ2n) is 6.69. The summed E-state index contributed by atoms with van der Waals surface area (Å²) in [5.41, 5.74) is 1.10. The SMILES string of the molecule is O=S(=O)(C1=C(N2CCOCC2)CCC1)[C@H]1C[C@@H]2C=C[C@H]1C2. The fourth-order valence-corrected chi connectivity index (χ4v) is 6.96. The van der Waals surface area contributed by atoms with Crippen molar-refractivity contribution in [2.24, 2.45) is 11.8 Å². The van der Waals surface area contributed by atoms with Crippen LogP contribution in [0.1, 0.15) is 32.1 Å². The van der Waals surface area contributed by atoms with Crippen LogP contribution >= 0.6 is 0 Å². The van der Waals surface area contributed by atoms with Crippen LogP contribution in [0.15, 0.2) is 22.8 Å². The minimum Gasteiger partial charge on any atom is -0.378 e. The highest BCUT2D eigenvalue weighted by molar-refractivity contribution is 7.95. The Labute approximate surface area is 126 Å². The van der Waals surface area contributed by atoms with E-state index in [2.05, 4.69) is 17.1 Å². The molecular weight excluding hydrogens is 286 g/mol. The molecular formula is C16H23NO3S. The molecule has 0 aromatic rings. The minimum absolute atomic E-state index is 0.156. The fraction of sp³-hybridized carbons (Fsp3) is 0.750. The topological polar surface area (TPSA) is 46.6 Å². The highest BCUT2D eigenvalue weighted by Gasteiger charge is 2.46. The van der Waals surface area contributed by atoms with Gasteiger partial charge in [0.25, 0.3) is 0 Å². The molecule has 3 atom stereocenters. The maximum Gasteiger partial charge on any atom is 0.179 e. The van der Waals surface area contributed by atoms with Crippen molar-refractivity contribution in [2.45, 2.75) is 37.4 Å². The molecule has 5 heteroatoms. The monoisotopic (exact) mass is 309 g/mol. The Morgan fingerprint density at radius 1 is 1.10 bits per heavy atom. The number of rotatable bonds is 3. The van der Waals surface area contributed by atoms with E-state index in [0.29, 0.717) is 19.1 Å². The first-order valence-corrected chi connectivity index (χ1v) is 9.68. The Morgan fingerprint density at radius 2 is 1.90 bits per heavy atom.